The SMILES string of the molecule is Cc1ccc(N([C@@H](C)C(=O)Nc2ccc(I)cc2C)S(C)(=O)=O)cc1C. The second-order valence-electron chi connectivity index (χ2n) is 6.45. The lowest BCUT2D eigenvalue weighted by Gasteiger charge is -2.29. The van der Waals surface area contributed by atoms with Gasteiger partial charge in [-0.05, 0) is 97.3 Å². The van der Waals surface area contributed by atoms with Crippen molar-refractivity contribution in [1.82, 2.24) is 0 Å². The molecule has 0 aliphatic carbocycles. The number of benzene rings is 2. The molecular weight excluding hydrogens is 463 g/mol. The predicted molar refractivity (Wildman–Crippen MR) is 115 cm³/mol. The Morgan fingerprint density at radius 2 is 1.69 bits per heavy atom. The molecule has 1 atom stereocenters. The highest BCUT2D eigenvalue weighted by molar-refractivity contribution is 14.1. The molecule has 2 aromatic carbocycles. The Morgan fingerprint density at radius 1 is 1.04 bits per heavy atom. The van der Waals surface area contributed by atoms with Crippen LogP contribution < -0.4 is 9.62 Å². The van der Waals surface area contributed by atoms with Crippen molar-refractivity contribution in [3.05, 3.63) is 56.7 Å². The number of nitrogens with zero attached hydrogens (tertiary/aromatic N) is 1. The second kappa shape index (κ2) is 7.96. The molecule has 7 heteroatoms. The quantitative estimate of drug-likeness (QED) is 0.650. The van der Waals surface area contributed by atoms with E-state index in [1.165, 1.54) is 0 Å². The van der Waals surface area contributed by atoms with Crippen molar-refractivity contribution in [3.8, 4) is 0 Å². The fourth-order valence-electron chi connectivity index (χ4n) is 2.68. The lowest BCUT2D eigenvalue weighted by atomic mass is 10.1. The van der Waals surface area contributed by atoms with Gasteiger partial charge in [0.25, 0.3) is 0 Å². The van der Waals surface area contributed by atoms with E-state index in [4.69, 9.17) is 0 Å². The Hall–Kier alpha value is -1.61. The minimum absolute atomic E-state index is 0.377. The third kappa shape index (κ3) is 4.76. The van der Waals surface area contributed by atoms with Crippen LogP contribution in [-0.4, -0.2) is 26.6 Å². The molecule has 0 bridgehead atoms. The van der Waals surface area contributed by atoms with Crippen molar-refractivity contribution in [3.63, 3.8) is 0 Å². The molecule has 1 amide bonds. The van der Waals surface area contributed by atoms with Gasteiger partial charge in [-0.1, -0.05) is 6.07 Å². The van der Waals surface area contributed by atoms with E-state index in [0.717, 1.165) is 30.8 Å². The van der Waals surface area contributed by atoms with Crippen LogP contribution in [0.15, 0.2) is 36.4 Å². The first-order chi connectivity index (χ1) is 12.0. The molecule has 5 nitrogen and oxygen atoms in total. The standard InChI is InChI=1S/C19H23IN2O3S/c1-12-6-8-17(11-13(12)2)22(26(5,24)25)15(4)19(23)21-18-9-7-16(20)10-14(18)3/h6-11,15H,1-5H3,(H,21,23)/t15-/m0/s1. The van der Waals surface area contributed by atoms with Crippen LogP contribution in [0.1, 0.15) is 23.6 Å². The summed E-state index contributed by atoms with van der Waals surface area (Å²) < 4.78 is 27.0. The van der Waals surface area contributed by atoms with Crippen molar-refractivity contribution < 1.29 is 13.2 Å². The summed E-state index contributed by atoms with van der Waals surface area (Å²) in [6.45, 7) is 7.37. The zero-order valence-corrected chi connectivity index (χ0v) is 18.5. The van der Waals surface area contributed by atoms with Crippen LogP contribution >= 0.6 is 22.6 Å². The van der Waals surface area contributed by atoms with Gasteiger partial charge in [-0.15, -0.1) is 0 Å². The van der Waals surface area contributed by atoms with Crippen molar-refractivity contribution in [2.75, 3.05) is 15.9 Å². The Morgan fingerprint density at radius 3 is 2.23 bits per heavy atom. The van der Waals surface area contributed by atoms with Crippen LogP contribution in [0.4, 0.5) is 11.4 Å². The van der Waals surface area contributed by atoms with Crippen molar-refractivity contribution in [2.45, 2.75) is 33.7 Å². The van der Waals surface area contributed by atoms with Crippen LogP contribution in [0.2, 0.25) is 0 Å². The van der Waals surface area contributed by atoms with Crippen LogP contribution in [0.25, 0.3) is 0 Å². The number of hydrogen-bond donors (Lipinski definition) is 1. The zero-order valence-electron chi connectivity index (χ0n) is 15.5. The number of rotatable bonds is 5. The minimum atomic E-state index is -3.63. The van der Waals surface area contributed by atoms with Crippen LogP contribution in [0.3, 0.4) is 0 Å². The van der Waals surface area contributed by atoms with Crippen LogP contribution in [-0.2, 0) is 14.8 Å². The largest absolute Gasteiger partial charge is 0.324 e. The van der Waals surface area contributed by atoms with Gasteiger partial charge in [0, 0.05) is 9.26 Å². The lowest BCUT2D eigenvalue weighted by Crippen LogP contribution is -2.45. The van der Waals surface area contributed by atoms with Gasteiger partial charge in [0.1, 0.15) is 6.04 Å². The van der Waals surface area contributed by atoms with E-state index >= 15 is 0 Å². The third-order valence-corrected chi connectivity index (χ3v) is 6.19. The van der Waals surface area contributed by atoms with Crippen molar-refractivity contribution >= 4 is 49.9 Å². The molecule has 0 unspecified atom stereocenters. The van der Waals surface area contributed by atoms with Gasteiger partial charge in [-0.25, -0.2) is 8.42 Å². The van der Waals surface area contributed by atoms with E-state index in [2.05, 4.69) is 27.9 Å². The fraction of sp³-hybridized carbons (Fsp3) is 0.316. The molecule has 2 aromatic rings. The zero-order chi connectivity index (χ0) is 19.6. The molecule has 1 N–H and O–H groups in total. The number of hydrogen-bond acceptors (Lipinski definition) is 3. The van der Waals surface area contributed by atoms with Gasteiger partial charge < -0.3 is 5.32 Å². The minimum Gasteiger partial charge on any atom is -0.324 e. The molecule has 0 radical (unpaired) electrons. The molecule has 0 saturated heterocycles. The lowest BCUT2D eigenvalue weighted by molar-refractivity contribution is -0.116. The summed E-state index contributed by atoms with van der Waals surface area (Å²) in [5.74, 6) is -0.377. The number of amides is 1. The van der Waals surface area contributed by atoms with Gasteiger partial charge in [0.2, 0.25) is 15.9 Å². The highest BCUT2D eigenvalue weighted by Gasteiger charge is 2.29. The molecule has 0 aromatic heterocycles. The number of nitrogens with one attached hydrogen (secondary N) is 1. The van der Waals surface area contributed by atoms with E-state index in [9.17, 15) is 13.2 Å². The molecule has 0 saturated carbocycles. The first-order valence-electron chi connectivity index (χ1n) is 8.14. The number of aryl methyl sites for hydroxylation is 3. The summed E-state index contributed by atoms with van der Waals surface area (Å²) in [7, 11) is -3.63. The van der Waals surface area contributed by atoms with Gasteiger partial charge in [-0.3, -0.25) is 9.10 Å². The molecule has 26 heavy (non-hydrogen) atoms. The number of anilines is 2. The second-order valence-corrected chi connectivity index (χ2v) is 9.56. The Bertz CT molecular complexity index is 942. The molecule has 2 rings (SSSR count). The number of carbonyl (C=O) groups is 1. The predicted octanol–water partition coefficient (Wildman–Crippen LogP) is 4.01. The molecule has 0 heterocycles. The maximum atomic E-state index is 12.7. The first kappa shape index (κ1) is 20.7. The monoisotopic (exact) mass is 486 g/mol. The van der Waals surface area contributed by atoms with Crippen LogP contribution in [0.5, 0.6) is 0 Å². The summed E-state index contributed by atoms with van der Waals surface area (Å²) in [6.07, 6.45) is 1.11. The van der Waals surface area contributed by atoms with Gasteiger partial charge in [0.15, 0.2) is 0 Å². The molecule has 0 fully saturated rings. The number of carbonyl (C=O) groups excluding carboxylic acids is 1. The average Bonchev–Trinajstić information content (AvgIpc) is 2.52. The third-order valence-electron chi connectivity index (χ3n) is 4.28. The number of halogens is 1. The average molecular weight is 486 g/mol. The highest BCUT2D eigenvalue weighted by atomic mass is 127. The molecule has 140 valence electrons. The van der Waals surface area contributed by atoms with E-state index in [1.807, 2.05) is 45.0 Å². The van der Waals surface area contributed by atoms with Crippen molar-refractivity contribution in [1.29, 1.82) is 0 Å². The van der Waals surface area contributed by atoms with Gasteiger partial charge in [-0.2, -0.15) is 0 Å². The highest BCUT2D eigenvalue weighted by Crippen LogP contribution is 2.25. The van der Waals surface area contributed by atoms with Gasteiger partial charge in [0.05, 0.1) is 11.9 Å². The van der Waals surface area contributed by atoms with E-state index in [-0.39, 0.29) is 5.91 Å². The first-order valence-corrected chi connectivity index (χ1v) is 11.1. The van der Waals surface area contributed by atoms with Gasteiger partial charge >= 0.3 is 0 Å². The molecule has 0 aliphatic heterocycles. The number of sulfonamides is 1. The van der Waals surface area contributed by atoms with Crippen LogP contribution in [0, 0.1) is 24.3 Å². The fourth-order valence-corrected chi connectivity index (χ4v) is 4.49. The van der Waals surface area contributed by atoms with E-state index < -0.39 is 16.1 Å². The molecule has 0 spiro atoms. The summed E-state index contributed by atoms with van der Waals surface area (Å²) in [4.78, 5) is 12.7. The normalized spacial score (nSPS) is 12.5. The summed E-state index contributed by atoms with van der Waals surface area (Å²) in [5.41, 5.74) is 4.12. The Balaban J connectivity index is 2.35. The molecule has 0 aliphatic rings. The topological polar surface area (TPSA) is 66.5 Å². The smallest absolute Gasteiger partial charge is 0.248 e. The molecular formula is C19H23IN2O3S. The Kier molecular flexibility index (Phi) is 6.33. The summed E-state index contributed by atoms with van der Waals surface area (Å²) in [5, 5.41) is 2.84. The van der Waals surface area contributed by atoms with E-state index in [1.54, 1.807) is 19.1 Å². The maximum absolute atomic E-state index is 12.7. The summed E-state index contributed by atoms with van der Waals surface area (Å²) >= 11 is 2.20. The Labute approximate surface area is 169 Å². The summed E-state index contributed by atoms with van der Waals surface area (Å²) in [6, 6.07) is 10.2. The van der Waals surface area contributed by atoms with Crippen molar-refractivity contribution in [2.24, 2.45) is 0 Å². The maximum Gasteiger partial charge on any atom is 0.248 e. The van der Waals surface area contributed by atoms with E-state index in [0.29, 0.717) is 11.4 Å².